The van der Waals surface area contributed by atoms with Gasteiger partial charge in [0.05, 0.1) is 0 Å². The van der Waals surface area contributed by atoms with Crippen LogP contribution in [0.4, 0.5) is 0 Å². The fourth-order valence-corrected chi connectivity index (χ4v) is 2.84. The highest BCUT2D eigenvalue weighted by atomic mass is 15.1. The zero-order valence-corrected chi connectivity index (χ0v) is 12.1. The van der Waals surface area contributed by atoms with Gasteiger partial charge in [-0.1, -0.05) is 18.2 Å². The Morgan fingerprint density at radius 1 is 1.11 bits per heavy atom. The van der Waals surface area contributed by atoms with Gasteiger partial charge in [0.2, 0.25) is 0 Å². The minimum atomic E-state index is 0.648. The predicted octanol–water partition coefficient (Wildman–Crippen LogP) is 3.08. The van der Waals surface area contributed by atoms with Gasteiger partial charge in [0, 0.05) is 26.2 Å². The van der Waals surface area contributed by atoms with Crippen molar-refractivity contribution in [1.29, 1.82) is 0 Å². The fraction of sp³-hybridized carbons (Fsp3) is 0.647. The van der Waals surface area contributed by atoms with E-state index in [0.29, 0.717) is 6.54 Å². The zero-order chi connectivity index (χ0) is 13.2. The molecule has 104 valence electrons. The summed E-state index contributed by atoms with van der Waals surface area (Å²) in [6.45, 7) is 6.63. The maximum Gasteiger partial charge on any atom is 0.0236 e. The Balaban J connectivity index is 1.65. The molecule has 0 amide bonds. The summed E-state index contributed by atoms with van der Waals surface area (Å²) in [4.78, 5) is 2.69. The Kier molecular flexibility index (Phi) is 3.90. The predicted molar refractivity (Wildman–Crippen MR) is 79.8 cm³/mol. The largest absolute Gasteiger partial charge is 0.326 e. The SMILES string of the molecule is Cc1cc(CN)ccc1CN(CC1CC1)CC1CC1. The minimum Gasteiger partial charge on any atom is -0.326 e. The van der Waals surface area contributed by atoms with Crippen molar-refractivity contribution in [2.75, 3.05) is 13.1 Å². The van der Waals surface area contributed by atoms with Crippen molar-refractivity contribution in [3.8, 4) is 0 Å². The molecular weight excluding hydrogens is 232 g/mol. The van der Waals surface area contributed by atoms with Crippen molar-refractivity contribution in [3.05, 3.63) is 34.9 Å². The Labute approximate surface area is 117 Å². The number of hydrogen-bond donors (Lipinski definition) is 1. The van der Waals surface area contributed by atoms with E-state index in [-0.39, 0.29) is 0 Å². The van der Waals surface area contributed by atoms with Crippen molar-refractivity contribution in [1.82, 2.24) is 4.90 Å². The Morgan fingerprint density at radius 2 is 1.74 bits per heavy atom. The topological polar surface area (TPSA) is 29.3 Å². The summed E-state index contributed by atoms with van der Waals surface area (Å²) in [6, 6.07) is 6.72. The van der Waals surface area contributed by atoms with Gasteiger partial charge in [-0.05, 0) is 61.1 Å². The van der Waals surface area contributed by atoms with Gasteiger partial charge < -0.3 is 5.73 Å². The molecule has 3 rings (SSSR count). The van der Waals surface area contributed by atoms with Crippen LogP contribution in [0.5, 0.6) is 0 Å². The van der Waals surface area contributed by atoms with Crippen LogP contribution >= 0.6 is 0 Å². The van der Waals surface area contributed by atoms with E-state index >= 15 is 0 Å². The highest BCUT2D eigenvalue weighted by Gasteiger charge is 2.29. The smallest absolute Gasteiger partial charge is 0.0236 e. The number of hydrogen-bond acceptors (Lipinski definition) is 2. The van der Waals surface area contributed by atoms with Crippen LogP contribution in [0.2, 0.25) is 0 Å². The zero-order valence-electron chi connectivity index (χ0n) is 12.1. The molecule has 0 bridgehead atoms. The molecule has 0 atom stereocenters. The molecule has 0 aliphatic heterocycles. The van der Waals surface area contributed by atoms with Gasteiger partial charge in [0.25, 0.3) is 0 Å². The molecule has 0 unspecified atom stereocenters. The molecule has 0 radical (unpaired) electrons. The second kappa shape index (κ2) is 5.64. The van der Waals surface area contributed by atoms with Gasteiger partial charge in [-0.25, -0.2) is 0 Å². The standard InChI is InChI=1S/C17H26N2/c1-13-8-16(9-18)6-7-17(13)12-19(10-14-2-3-14)11-15-4-5-15/h6-8,14-15H,2-5,9-12,18H2,1H3. The molecule has 0 saturated heterocycles. The van der Waals surface area contributed by atoms with E-state index in [1.165, 1.54) is 55.5 Å². The average molecular weight is 258 g/mol. The van der Waals surface area contributed by atoms with Gasteiger partial charge in [0.1, 0.15) is 0 Å². The third-order valence-electron chi connectivity index (χ3n) is 4.46. The van der Waals surface area contributed by atoms with E-state index in [0.717, 1.165) is 18.4 Å². The molecule has 0 spiro atoms. The molecule has 2 N–H and O–H groups in total. The first-order chi connectivity index (χ1) is 9.24. The van der Waals surface area contributed by atoms with Gasteiger partial charge >= 0.3 is 0 Å². The maximum atomic E-state index is 5.71. The molecule has 2 fully saturated rings. The average Bonchev–Trinajstić information content (AvgIpc) is 3.27. The van der Waals surface area contributed by atoms with E-state index in [1.54, 1.807) is 0 Å². The Morgan fingerprint density at radius 3 is 2.21 bits per heavy atom. The Hall–Kier alpha value is -0.860. The van der Waals surface area contributed by atoms with Crippen molar-refractivity contribution >= 4 is 0 Å². The molecule has 2 saturated carbocycles. The van der Waals surface area contributed by atoms with Gasteiger partial charge in [-0.2, -0.15) is 0 Å². The molecule has 2 aliphatic rings. The first-order valence-corrected chi connectivity index (χ1v) is 7.75. The lowest BCUT2D eigenvalue weighted by atomic mass is 10.0. The van der Waals surface area contributed by atoms with Crippen LogP contribution in [0.15, 0.2) is 18.2 Å². The monoisotopic (exact) mass is 258 g/mol. The van der Waals surface area contributed by atoms with Crippen LogP contribution in [0, 0.1) is 18.8 Å². The van der Waals surface area contributed by atoms with Crippen LogP contribution in [0.1, 0.15) is 42.4 Å². The number of rotatable bonds is 7. The molecule has 0 heterocycles. The van der Waals surface area contributed by atoms with Crippen LogP contribution < -0.4 is 5.73 Å². The summed E-state index contributed by atoms with van der Waals surface area (Å²) in [5, 5.41) is 0. The number of nitrogens with zero attached hydrogens (tertiary/aromatic N) is 1. The molecular formula is C17H26N2. The maximum absolute atomic E-state index is 5.71. The summed E-state index contributed by atoms with van der Waals surface area (Å²) >= 11 is 0. The third kappa shape index (κ3) is 3.80. The van der Waals surface area contributed by atoms with Crippen LogP contribution in [-0.4, -0.2) is 18.0 Å². The highest BCUT2D eigenvalue weighted by molar-refractivity contribution is 5.31. The Bertz CT molecular complexity index is 419. The van der Waals surface area contributed by atoms with E-state index in [4.69, 9.17) is 5.73 Å². The lowest BCUT2D eigenvalue weighted by molar-refractivity contribution is 0.244. The first kappa shape index (κ1) is 13.1. The normalized spacial score (nSPS) is 19.1. The third-order valence-corrected chi connectivity index (χ3v) is 4.46. The number of nitrogens with two attached hydrogens (primary N) is 1. The molecule has 1 aromatic carbocycles. The van der Waals surface area contributed by atoms with Gasteiger partial charge in [-0.3, -0.25) is 4.90 Å². The van der Waals surface area contributed by atoms with Crippen LogP contribution in [0.25, 0.3) is 0 Å². The fourth-order valence-electron chi connectivity index (χ4n) is 2.84. The number of aryl methyl sites for hydroxylation is 1. The molecule has 1 aromatic rings. The molecule has 2 nitrogen and oxygen atoms in total. The van der Waals surface area contributed by atoms with Gasteiger partial charge in [-0.15, -0.1) is 0 Å². The quantitative estimate of drug-likeness (QED) is 0.814. The van der Waals surface area contributed by atoms with Gasteiger partial charge in [0.15, 0.2) is 0 Å². The van der Waals surface area contributed by atoms with E-state index in [1.807, 2.05) is 0 Å². The van der Waals surface area contributed by atoms with Crippen molar-refractivity contribution in [2.24, 2.45) is 17.6 Å². The second-order valence-corrected chi connectivity index (χ2v) is 6.55. The highest BCUT2D eigenvalue weighted by Crippen LogP contribution is 2.34. The van der Waals surface area contributed by atoms with Crippen molar-refractivity contribution in [3.63, 3.8) is 0 Å². The van der Waals surface area contributed by atoms with E-state index in [9.17, 15) is 0 Å². The first-order valence-electron chi connectivity index (χ1n) is 7.75. The van der Waals surface area contributed by atoms with E-state index in [2.05, 4.69) is 30.0 Å². The summed E-state index contributed by atoms with van der Waals surface area (Å²) in [5.74, 6) is 1.98. The molecule has 2 aliphatic carbocycles. The van der Waals surface area contributed by atoms with Crippen LogP contribution in [-0.2, 0) is 13.1 Å². The van der Waals surface area contributed by atoms with Crippen LogP contribution in [0.3, 0.4) is 0 Å². The second-order valence-electron chi connectivity index (χ2n) is 6.55. The lowest BCUT2D eigenvalue weighted by Crippen LogP contribution is -2.28. The summed E-state index contributed by atoms with van der Waals surface area (Å²) in [7, 11) is 0. The van der Waals surface area contributed by atoms with E-state index < -0.39 is 0 Å². The molecule has 2 heteroatoms. The molecule has 19 heavy (non-hydrogen) atoms. The van der Waals surface area contributed by atoms with Crippen molar-refractivity contribution < 1.29 is 0 Å². The lowest BCUT2D eigenvalue weighted by Gasteiger charge is -2.23. The summed E-state index contributed by atoms with van der Waals surface area (Å²) in [5.41, 5.74) is 9.84. The summed E-state index contributed by atoms with van der Waals surface area (Å²) < 4.78 is 0. The number of benzene rings is 1. The minimum absolute atomic E-state index is 0.648. The van der Waals surface area contributed by atoms with Crippen molar-refractivity contribution in [2.45, 2.75) is 45.7 Å². The summed E-state index contributed by atoms with van der Waals surface area (Å²) in [6.07, 6.45) is 5.80. The molecule has 0 aromatic heterocycles.